The Bertz CT molecular complexity index is 1280. The third-order valence-corrected chi connectivity index (χ3v) is 6.64. The molecule has 2 rings (SSSR count). The van der Waals surface area contributed by atoms with Gasteiger partial charge in [-0.25, -0.2) is 13.6 Å². The van der Waals surface area contributed by atoms with Crippen molar-refractivity contribution >= 4 is 55.7 Å². The summed E-state index contributed by atoms with van der Waals surface area (Å²) in [6.07, 6.45) is 0.181. The highest BCUT2D eigenvalue weighted by molar-refractivity contribution is 7.91. The number of primary sulfonamides is 1. The second kappa shape index (κ2) is 14.3. The summed E-state index contributed by atoms with van der Waals surface area (Å²) in [6.45, 7) is 0.136. The zero-order valence-corrected chi connectivity index (χ0v) is 21.5. The number of nitrogens with one attached hydrogen (secondary N) is 1. The number of primary amides is 1. The van der Waals surface area contributed by atoms with Crippen LogP contribution in [0, 0.1) is 0 Å². The van der Waals surface area contributed by atoms with E-state index >= 15 is 0 Å². The Morgan fingerprint density at radius 2 is 1.74 bits per heavy atom. The fourth-order valence-corrected chi connectivity index (χ4v) is 4.09. The number of hydrogen-bond acceptors (Lipinski definition) is 14. The number of aromatic hydroxyl groups is 1. The molecule has 18 heteroatoms. The van der Waals surface area contributed by atoms with Crippen LogP contribution in [0.25, 0.3) is 0 Å². The molecule has 0 atom stereocenters. The molecule has 1 heterocycles. The average molecular weight is 575 g/mol. The third-order valence-electron chi connectivity index (χ3n) is 4.49. The normalized spacial score (nSPS) is 11.2. The van der Waals surface area contributed by atoms with Crippen molar-refractivity contribution in [3.8, 4) is 11.5 Å². The highest BCUT2D eigenvalue weighted by atomic mass is 32.2. The van der Waals surface area contributed by atoms with Gasteiger partial charge in [-0.05, 0) is 18.6 Å². The summed E-state index contributed by atoms with van der Waals surface area (Å²) in [6, 6.07) is 2.46. The predicted molar refractivity (Wildman–Crippen MR) is 132 cm³/mol. The van der Waals surface area contributed by atoms with E-state index in [1.165, 1.54) is 12.1 Å². The van der Waals surface area contributed by atoms with Gasteiger partial charge in [-0.2, -0.15) is 0 Å². The number of ether oxygens (including phenoxy) is 3. The van der Waals surface area contributed by atoms with Crippen LogP contribution in [0.1, 0.15) is 36.0 Å². The van der Waals surface area contributed by atoms with Crippen molar-refractivity contribution in [2.75, 3.05) is 37.5 Å². The molecule has 0 saturated heterocycles. The minimum atomic E-state index is -4.00. The maximum Gasteiger partial charge on any atom is 0.311 e. The highest BCUT2D eigenvalue weighted by Crippen LogP contribution is 2.32. The van der Waals surface area contributed by atoms with Gasteiger partial charge in [0.15, 0.2) is 5.75 Å². The van der Waals surface area contributed by atoms with Crippen LogP contribution in [0.3, 0.4) is 0 Å². The van der Waals surface area contributed by atoms with Crippen molar-refractivity contribution in [3.63, 3.8) is 0 Å². The van der Waals surface area contributed by atoms with E-state index in [2.05, 4.69) is 15.5 Å². The summed E-state index contributed by atoms with van der Waals surface area (Å²) in [5.74, 6) is -3.47. The molecule has 1 aromatic heterocycles. The minimum absolute atomic E-state index is 0.0447. The van der Waals surface area contributed by atoms with Crippen molar-refractivity contribution in [1.29, 1.82) is 0 Å². The van der Waals surface area contributed by atoms with Crippen LogP contribution in [0.4, 0.5) is 10.8 Å². The van der Waals surface area contributed by atoms with Gasteiger partial charge in [-0.1, -0.05) is 11.3 Å². The van der Waals surface area contributed by atoms with E-state index < -0.39 is 43.5 Å². The van der Waals surface area contributed by atoms with E-state index in [1.807, 2.05) is 0 Å². The number of amides is 2. The quantitative estimate of drug-likeness (QED) is 0.0414. The molecular weight excluding hydrogens is 548 g/mol. The smallest absolute Gasteiger partial charge is 0.311 e. The molecule has 1 aromatic carbocycles. The molecular formula is C20H26N6O10S2. The number of carbonyl (C=O) groups is 4. The van der Waals surface area contributed by atoms with E-state index in [9.17, 15) is 32.7 Å². The number of rotatable bonds is 16. The van der Waals surface area contributed by atoms with Gasteiger partial charge < -0.3 is 30.8 Å². The van der Waals surface area contributed by atoms with Crippen LogP contribution >= 0.6 is 11.3 Å². The fraction of sp³-hybridized carbons (Fsp3) is 0.400. The van der Waals surface area contributed by atoms with Crippen molar-refractivity contribution in [2.45, 2.75) is 30.0 Å². The Kier molecular flexibility index (Phi) is 11.5. The van der Waals surface area contributed by atoms with E-state index in [-0.39, 0.29) is 68.0 Å². The van der Waals surface area contributed by atoms with Crippen molar-refractivity contribution in [1.82, 2.24) is 10.2 Å². The summed E-state index contributed by atoms with van der Waals surface area (Å²) in [7, 11) is -4.00. The Morgan fingerprint density at radius 3 is 2.39 bits per heavy atom. The number of aromatic nitrogens is 2. The molecule has 0 bridgehead atoms. The number of benzene rings is 1. The third kappa shape index (κ3) is 9.98. The fourth-order valence-electron chi connectivity index (χ4n) is 2.74. The van der Waals surface area contributed by atoms with Gasteiger partial charge in [-0.3, -0.25) is 24.5 Å². The Labute approximate surface area is 220 Å². The summed E-state index contributed by atoms with van der Waals surface area (Å²) >= 11 is 0.600. The molecule has 0 spiro atoms. The van der Waals surface area contributed by atoms with Crippen LogP contribution in [-0.4, -0.2) is 73.7 Å². The molecule has 16 nitrogen and oxygen atoms in total. The van der Waals surface area contributed by atoms with Crippen LogP contribution in [0.5, 0.6) is 11.5 Å². The highest BCUT2D eigenvalue weighted by Gasteiger charge is 2.20. The van der Waals surface area contributed by atoms with Crippen molar-refractivity contribution in [2.24, 2.45) is 10.9 Å². The number of phenols is 1. The molecule has 8 N–H and O–H groups in total. The second-order valence-corrected chi connectivity index (χ2v) is 10.2. The monoisotopic (exact) mass is 574 g/mol. The first-order chi connectivity index (χ1) is 17.9. The van der Waals surface area contributed by atoms with Gasteiger partial charge in [0.1, 0.15) is 23.7 Å². The predicted octanol–water partition coefficient (Wildman–Crippen LogP) is -0.721. The standard InChI is InChI=1S/C20H26N6O10S2/c21-12-4-5-13(16(17(12)30)18(22)31)36-15(29)6-3-11(27)2-1-7-34-8-9-35-10-14(28)24-19-25-26-20(37-19)38(23,32)33/h4-5,30H,1-3,6-10,21H2,(H2,22,31)(H2,23,32,33)(H,24,25,28). The number of sulfonamides is 1. The number of ketones is 1. The van der Waals surface area contributed by atoms with Gasteiger partial charge in [0.05, 0.1) is 25.3 Å². The lowest BCUT2D eigenvalue weighted by Crippen LogP contribution is -2.19. The van der Waals surface area contributed by atoms with Crippen LogP contribution in [-0.2, 0) is 33.9 Å². The first-order valence-corrected chi connectivity index (χ1v) is 13.2. The zero-order chi connectivity index (χ0) is 28.3. The summed E-state index contributed by atoms with van der Waals surface area (Å²) in [5.41, 5.74) is 10.1. The molecule has 0 aliphatic heterocycles. The molecule has 38 heavy (non-hydrogen) atoms. The van der Waals surface area contributed by atoms with Crippen LogP contribution in [0.15, 0.2) is 16.5 Å². The Morgan fingerprint density at radius 1 is 1.03 bits per heavy atom. The maximum atomic E-state index is 12.0. The summed E-state index contributed by atoms with van der Waals surface area (Å²) < 4.78 is 37.3. The summed E-state index contributed by atoms with van der Waals surface area (Å²) in [4.78, 5) is 47.2. The molecule has 0 radical (unpaired) electrons. The molecule has 0 aliphatic rings. The average Bonchev–Trinajstić information content (AvgIpc) is 3.30. The number of Topliss-reactive ketones (excluding diaryl/α,β-unsaturated/α-hetero) is 1. The number of nitrogen functional groups attached to an aromatic ring is 1. The Balaban J connectivity index is 1.55. The zero-order valence-electron chi connectivity index (χ0n) is 19.9. The van der Waals surface area contributed by atoms with E-state index in [0.717, 1.165) is 0 Å². The van der Waals surface area contributed by atoms with Gasteiger partial charge in [0, 0.05) is 19.4 Å². The molecule has 0 unspecified atom stereocenters. The number of carbonyl (C=O) groups excluding carboxylic acids is 4. The topological polar surface area (TPSA) is 266 Å². The number of nitrogens with two attached hydrogens (primary N) is 3. The SMILES string of the molecule is NC(=O)c1c(OC(=O)CCC(=O)CCCOCCOCC(=O)Nc2nnc(S(N)(=O)=O)s2)ccc(N)c1O. The molecule has 0 aliphatic carbocycles. The molecule has 2 aromatic rings. The number of anilines is 2. The van der Waals surface area contributed by atoms with Crippen molar-refractivity contribution < 1.29 is 46.9 Å². The van der Waals surface area contributed by atoms with E-state index in [4.69, 9.17) is 30.8 Å². The van der Waals surface area contributed by atoms with Gasteiger partial charge in [0.2, 0.25) is 9.47 Å². The second-order valence-electron chi connectivity index (χ2n) is 7.49. The van der Waals surface area contributed by atoms with Crippen LogP contribution in [0.2, 0.25) is 0 Å². The van der Waals surface area contributed by atoms with Gasteiger partial charge >= 0.3 is 5.97 Å². The molecule has 2 amide bonds. The van der Waals surface area contributed by atoms with Gasteiger partial charge in [0.25, 0.3) is 21.8 Å². The maximum absolute atomic E-state index is 12.0. The first kappa shape index (κ1) is 30.5. The minimum Gasteiger partial charge on any atom is -0.505 e. The number of hydrogen-bond donors (Lipinski definition) is 5. The van der Waals surface area contributed by atoms with Crippen LogP contribution < -0.4 is 26.7 Å². The first-order valence-electron chi connectivity index (χ1n) is 10.8. The lowest BCUT2D eigenvalue weighted by molar-refractivity contribution is -0.136. The number of esters is 1. The van der Waals surface area contributed by atoms with Crippen molar-refractivity contribution in [3.05, 3.63) is 17.7 Å². The van der Waals surface area contributed by atoms with E-state index in [0.29, 0.717) is 17.8 Å². The summed E-state index contributed by atoms with van der Waals surface area (Å²) in [5, 5.41) is 23.9. The Hall–Kier alpha value is -3.71. The largest absolute Gasteiger partial charge is 0.505 e. The number of nitrogens with zero attached hydrogens (tertiary/aromatic N) is 2. The molecule has 0 saturated carbocycles. The van der Waals surface area contributed by atoms with Gasteiger partial charge in [-0.15, -0.1) is 10.2 Å². The molecule has 208 valence electrons. The van der Waals surface area contributed by atoms with E-state index in [1.54, 1.807) is 0 Å². The molecule has 0 fully saturated rings. The lowest BCUT2D eigenvalue weighted by atomic mass is 10.1. The lowest BCUT2D eigenvalue weighted by Gasteiger charge is -2.11.